The number of hydrogen-bond acceptors (Lipinski definition) is 4. The Morgan fingerprint density at radius 3 is 2.63 bits per heavy atom. The highest BCUT2D eigenvalue weighted by Gasteiger charge is 2.22. The maximum absolute atomic E-state index is 12.2. The van der Waals surface area contributed by atoms with Crippen molar-refractivity contribution < 1.29 is 19.4 Å². The number of benzene rings is 2. The summed E-state index contributed by atoms with van der Waals surface area (Å²) in [5.74, 6) is -1.89. The van der Waals surface area contributed by atoms with Crippen molar-refractivity contribution >= 4 is 22.6 Å². The topological polar surface area (TPSA) is 78.9 Å². The van der Waals surface area contributed by atoms with Crippen LogP contribution < -0.4 is 5.32 Å². The van der Waals surface area contributed by atoms with E-state index in [1.807, 2.05) is 42.5 Å². The van der Waals surface area contributed by atoms with E-state index in [0.717, 1.165) is 49.2 Å². The van der Waals surface area contributed by atoms with Gasteiger partial charge in [-0.25, -0.2) is 0 Å². The van der Waals surface area contributed by atoms with Gasteiger partial charge < -0.3 is 15.2 Å². The molecule has 1 atom stereocenters. The molecule has 3 rings (SSSR count). The fraction of sp³-hybridized carbons (Fsp3) is 0.429. The van der Waals surface area contributed by atoms with E-state index in [0.29, 0.717) is 13.0 Å². The Morgan fingerprint density at radius 2 is 1.85 bits per heavy atom. The normalized spacial score (nSPS) is 16.1. The third-order valence-electron chi connectivity index (χ3n) is 4.98. The smallest absolute Gasteiger partial charge is 0.307 e. The lowest BCUT2D eigenvalue weighted by Gasteiger charge is -2.26. The Morgan fingerprint density at radius 1 is 1.11 bits per heavy atom. The van der Waals surface area contributed by atoms with Gasteiger partial charge in [0.2, 0.25) is 5.91 Å². The van der Waals surface area contributed by atoms with E-state index >= 15 is 0 Å². The summed E-state index contributed by atoms with van der Waals surface area (Å²) in [6.07, 6.45) is 0.329. The van der Waals surface area contributed by atoms with Crippen molar-refractivity contribution in [2.24, 2.45) is 5.92 Å². The molecule has 2 aromatic rings. The van der Waals surface area contributed by atoms with Crippen molar-refractivity contribution in [3.8, 4) is 0 Å². The van der Waals surface area contributed by atoms with E-state index in [4.69, 9.17) is 4.74 Å². The van der Waals surface area contributed by atoms with Gasteiger partial charge >= 0.3 is 5.97 Å². The maximum Gasteiger partial charge on any atom is 0.307 e. The van der Waals surface area contributed by atoms with E-state index in [1.54, 1.807) is 0 Å². The molecule has 144 valence electrons. The molecule has 1 aliphatic heterocycles. The maximum atomic E-state index is 12.2. The quantitative estimate of drug-likeness (QED) is 0.742. The summed E-state index contributed by atoms with van der Waals surface area (Å²) in [4.78, 5) is 26.2. The van der Waals surface area contributed by atoms with Gasteiger partial charge in [0.1, 0.15) is 0 Å². The number of nitrogens with one attached hydrogen (secondary N) is 1. The van der Waals surface area contributed by atoms with Gasteiger partial charge in [-0.15, -0.1) is 0 Å². The van der Waals surface area contributed by atoms with E-state index in [-0.39, 0.29) is 12.3 Å². The molecule has 1 heterocycles. The first kappa shape index (κ1) is 19.3. The number of aliphatic carboxylic acids is 1. The van der Waals surface area contributed by atoms with Gasteiger partial charge in [-0.05, 0) is 22.8 Å². The number of carbonyl (C=O) groups is 2. The Labute approximate surface area is 159 Å². The third-order valence-corrected chi connectivity index (χ3v) is 4.98. The number of carboxylic acids is 1. The summed E-state index contributed by atoms with van der Waals surface area (Å²) >= 11 is 0. The van der Waals surface area contributed by atoms with Gasteiger partial charge in [0.25, 0.3) is 0 Å². The number of nitrogens with zero attached hydrogens (tertiary/aromatic N) is 1. The van der Waals surface area contributed by atoms with Crippen molar-refractivity contribution in [1.29, 1.82) is 0 Å². The molecule has 1 amide bonds. The second-order valence-electron chi connectivity index (χ2n) is 6.89. The lowest BCUT2D eigenvalue weighted by Crippen LogP contribution is -2.41. The van der Waals surface area contributed by atoms with Crippen LogP contribution >= 0.6 is 0 Å². The fourth-order valence-corrected chi connectivity index (χ4v) is 3.46. The average Bonchev–Trinajstić information content (AvgIpc) is 2.68. The lowest BCUT2D eigenvalue weighted by atomic mass is 9.92. The Balaban J connectivity index is 1.55. The average molecular weight is 370 g/mol. The monoisotopic (exact) mass is 370 g/mol. The highest BCUT2D eigenvalue weighted by Crippen LogP contribution is 2.22. The van der Waals surface area contributed by atoms with Crippen LogP contribution in [0.5, 0.6) is 0 Å². The predicted octanol–water partition coefficient (Wildman–Crippen LogP) is 1.92. The van der Waals surface area contributed by atoms with Gasteiger partial charge in [-0.3, -0.25) is 14.5 Å². The summed E-state index contributed by atoms with van der Waals surface area (Å²) in [6, 6.07) is 13.8. The number of morpholine rings is 1. The lowest BCUT2D eigenvalue weighted by molar-refractivity contribution is -0.144. The zero-order chi connectivity index (χ0) is 19.1. The Kier molecular flexibility index (Phi) is 6.79. The first-order valence-electron chi connectivity index (χ1n) is 9.40. The van der Waals surface area contributed by atoms with Gasteiger partial charge in [-0.1, -0.05) is 42.5 Å². The summed E-state index contributed by atoms with van der Waals surface area (Å²) < 4.78 is 5.30. The van der Waals surface area contributed by atoms with E-state index in [2.05, 4.69) is 10.2 Å². The number of carbonyl (C=O) groups excluding carboxylic acids is 1. The van der Waals surface area contributed by atoms with Gasteiger partial charge in [0, 0.05) is 32.6 Å². The molecule has 2 aromatic carbocycles. The van der Waals surface area contributed by atoms with Gasteiger partial charge in [0.15, 0.2) is 0 Å². The van der Waals surface area contributed by atoms with Crippen molar-refractivity contribution in [3.63, 3.8) is 0 Å². The number of hydrogen-bond donors (Lipinski definition) is 2. The number of ether oxygens (including phenoxy) is 1. The van der Waals surface area contributed by atoms with Crippen molar-refractivity contribution in [2.45, 2.75) is 12.8 Å². The molecule has 0 aromatic heterocycles. The zero-order valence-electron chi connectivity index (χ0n) is 15.4. The van der Waals surface area contributed by atoms with Crippen LogP contribution in [-0.2, 0) is 20.7 Å². The van der Waals surface area contributed by atoms with Crippen LogP contribution in [0.4, 0.5) is 0 Å². The zero-order valence-corrected chi connectivity index (χ0v) is 15.4. The van der Waals surface area contributed by atoms with Crippen molar-refractivity contribution in [2.75, 3.05) is 39.4 Å². The molecule has 0 bridgehead atoms. The SMILES string of the molecule is O=C(CC(Cc1cccc2ccccc12)C(=O)O)NCCN1CCOCC1. The number of carboxylic acid groups (broad SMARTS) is 1. The fourth-order valence-electron chi connectivity index (χ4n) is 3.46. The second-order valence-corrected chi connectivity index (χ2v) is 6.89. The molecule has 1 aliphatic rings. The van der Waals surface area contributed by atoms with Crippen LogP contribution in [0, 0.1) is 5.92 Å². The molecule has 0 saturated carbocycles. The van der Waals surface area contributed by atoms with Crippen LogP contribution in [0.3, 0.4) is 0 Å². The minimum atomic E-state index is -0.939. The molecule has 1 unspecified atom stereocenters. The molecule has 6 nitrogen and oxygen atoms in total. The summed E-state index contributed by atoms with van der Waals surface area (Å²) in [5.41, 5.74) is 0.960. The molecule has 0 aliphatic carbocycles. The molecule has 1 saturated heterocycles. The molecule has 6 heteroatoms. The number of amides is 1. The number of fused-ring (bicyclic) bond motifs is 1. The molecule has 1 fully saturated rings. The number of rotatable bonds is 8. The van der Waals surface area contributed by atoms with Crippen LogP contribution in [0.15, 0.2) is 42.5 Å². The first-order chi connectivity index (χ1) is 13.1. The molecule has 2 N–H and O–H groups in total. The van der Waals surface area contributed by atoms with Crippen LogP contribution in [-0.4, -0.2) is 61.3 Å². The largest absolute Gasteiger partial charge is 0.481 e. The van der Waals surface area contributed by atoms with E-state index < -0.39 is 11.9 Å². The third kappa shape index (κ3) is 5.52. The molecule has 27 heavy (non-hydrogen) atoms. The molecular formula is C21H26N2O4. The summed E-state index contributed by atoms with van der Waals surface area (Å²) in [6.45, 7) is 4.47. The van der Waals surface area contributed by atoms with Crippen LogP contribution in [0.25, 0.3) is 10.8 Å². The van der Waals surface area contributed by atoms with Crippen molar-refractivity contribution in [1.82, 2.24) is 10.2 Å². The van der Waals surface area contributed by atoms with Crippen molar-refractivity contribution in [3.05, 3.63) is 48.0 Å². The standard InChI is InChI=1S/C21H26N2O4/c24-20(22-8-9-23-10-12-27-13-11-23)15-18(21(25)26)14-17-6-3-5-16-4-1-2-7-19(16)17/h1-7,18H,8-15H2,(H,22,24)(H,25,26). The molecule has 0 spiro atoms. The minimum Gasteiger partial charge on any atom is -0.481 e. The highest BCUT2D eigenvalue weighted by molar-refractivity contribution is 5.87. The Bertz CT molecular complexity index is 781. The van der Waals surface area contributed by atoms with Crippen LogP contribution in [0.2, 0.25) is 0 Å². The second kappa shape index (κ2) is 9.48. The van der Waals surface area contributed by atoms with Gasteiger partial charge in [-0.2, -0.15) is 0 Å². The molecule has 0 radical (unpaired) electrons. The highest BCUT2D eigenvalue weighted by atomic mass is 16.5. The van der Waals surface area contributed by atoms with Gasteiger partial charge in [0.05, 0.1) is 19.1 Å². The van der Waals surface area contributed by atoms with E-state index in [9.17, 15) is 14.7 Å². The predicted molar refractivity (Wildman–Crippen MR) is 104 cm³/mol. The van der Waals surface area contributed by atoms with E-state index in [1.165, 1.54) is 0 Å². The Hall–Kier alpha value is -2.44. The molecular weight excluding hydrogens is 344 g/mol. The summed E-state index contributed by atoms with van der Waals surface area (Å²) in [5, 5.41) is 14.6. The minimum absolute atomic E-state index is 0.0122. The van der Waals surface area contributed by atoms with Crippen LogP contribution in [0.1, 0.15) is 12.0 Å². The first-order valence-corrected chi connectivity index (χ1v) is 9.40. The summed E-state index contributed by atoms with van der Waals surface area (Å²) in [7, 11) is 0.